The maximum atomic E-state index is 12.0. The molecule has 0 atom stereocenters. The molecule has 1 amide bonds. The number of ether oxygens (including phenoxy) is 2. The minimum Gasteiger partial charge on any atom is -0.495 e. The highest BCUT2D eigenvalue weighted by molar-refractivity contribution is 6.42. The van der Waals surface area contributed by atoms with Gasteiger partial charge in [0.2, 0.25) is 0 Å². The third kappa shape index (κ3) is 5.83. The first-order valence-electron chi connectivity index (χ1n) is 7.52. The lowest BCUT2D eigenvalue weighted by Gasteiger charge is -2.10. The van der Waals surface area contributed by atoms with Gasteiger partial charge in [-0.05, 0) is 23.8 Å². The molecule has 142 valence electrons. The van der Waals surface area contributed by atoms with E-state index in [2.05, 4.69) is 5.32 Å². The maximum absolute atomic E-state index is 12.0. The van der Waals surface area contributed by atoms with Gasteiger partial charge >= 0.3 is 5.97 Å². The van der Waals surface area contributed by atoms with Gasteiger partial charge in [0.15, 0.2) is 6.61 Å². The lowest BCUT2D eigenvalue weighted by Crippen LogP contribution is -2.22. The monoisotopic (exact) mass is 412 g/mol. The lowest BCUT2D eigenvalue weighted by atomic mass is 10.1. The second-order valence-corrected chi connectivity index (χ2v) is 6.09. The summed E-state index contributed by atoms with van der Waals surface area (Å²) in [6.07, 6.45) is -0.0930. The minimum absolute atomic E-state index is 0.0930. The first kappa shape index (κ1) is 20.5. The third-order valence-electron chi connectivity index (χ3n) is 3.36. The van der Waals surface area contributed by atoms with E-state index in [-0.39, 0.29) is 23.5 Å². The van der Waals surface area contributed by atoms with Crippen LogP contribution >= 0.6 is 23.2 Å². The Balaban J connectivity index is 1.93. The van der Waals surface area contributed by atoms with E-state index in [0.717, 1.165) is 6.07 Å². The van der Waals surface area contributed by atoms with Crippen LogP contribution in [0.3, 0.4) is 0 Å². The summed E-state index contributed by atoms with van der Waals surface area (Å²) in [5, 5.41) is 13.9. The molecule has 1 N–H and O–H groups in total. The van der Waals surface area contributed by atoms with Crippen molar-refractivity contribution in [1.29, 1.82) is 0 Å². The van der Waals surface area contributed by atoms with Gasteiger partial charge in [-0.1, -0.05) is 29.3 Å². The number of methoxy groups -OCH3 is 1. The number of esters is 1. The van der Waals surface area contributed by atoms with E-state index in [9.17, 15) is 19.7 Å². The molecule has 0 fully saturated rings. The Kier molecular flexibility index (Phi) is 6.98. The van der Waals surface area contributed by atoms with Gasteiger partial charge < -0.3 is 14.8 Å². The summed E-state index contributed by atoms with van der Waals surface area (Å²) >= 11 is 11.7. The van der Waals surface area contributed by atoms with Crippen LogP contribution in [-0.2, 0) is 20.7 Å². The highest BCUT2D eigenvalue weighted by Crippen LogP contribution is 2.28. The summed E-state index contributed by atoms with van der Waals surface area (Å²) in [5.41, 5.74) is 0.454. The van der Waals surface area contributed by atoms with Gasteiger partial charge in [0.05, 0.1) is 34.2 Å². The average Bonchev–Trinajstić information content (AvgIpc) is 2.63. The van der Waals surface area contributed by atoms with Crippen molar-refractivity contribution in [2.45, 2.75) is 6.42 Å². The highest BCUT2D eigenvalue weighted by atomic mass is 35.5. The molecule has 2 rings (SSSR count). The molecule has 8 nitrogen and oxygen atoms in total. The molecule has 0 saturated carbocycles. The third-order valence-corrected chi connectivity index (χ3v) is 4.10. The highest BCUT2D eigenvalue weighted by Gasteiger charge is 2.15. The first-order chi connectivity index (χ1) is 12.8. The van der Waals surface area contributed by atoms with Crippen LogP contribution in [0.5, 0.6) is 5.75 Å². The van der Waals surface area contributed by atoms with Crippen LogP contribution in [0.2, 0.25) is 10.0 Å². The van der Waals surface area contributed by atoms with E-state index in [1.807, 2.05) is 0 Å². The van der Waals surface area contributed by atoms with Crippen molar-refractivity contribution >= 4 is 46.5 Å². The quantitative estimate of drug-likeness (QED) is 0.422. The van der Waals surface area contributed by atoms with Crippen LogP contribution < -0.4 is 10.1 Å². The van der Waals surface area contributed by atoms with Gasteiger partial charge in [-0.25, -0.2) is 0 Å². The van der Waals surface area contributed by atoms with Crippen LogP contribution in [0.15, 0.2) is 36.4 Å². The summed E-state index contributed by atoms with van der Waals surface area (Å²) in [4.78, 5) is 34.0. The Morgan fingerprint density at radius 2 is 1.89 bits per heavy atom. The zero-order valence-electron chi connectivity index (χ0n) is 14.0. The lowest BCUT2D eigenvalue weighted by molar-refractivity contribution is -0.384. The number of nitrogens with zero attached hydrogens (tertiary/aromatic N) is 1. The van der Waals surface area contributed by atoms with Gasteiger partial charge in [0, 0.05) is 12.1 Å². The Hall–Kier alpha value is -2.84. The molecule has 0 radical (unpaired) electrons. The van der Waals surface area contributed by atoms with Crippen LogP contribution in [0.4, 0.5) is 11.4 Å². The van der Waals surface area contributed by atoms with E-state index in [1.54, 1.807) is 12.1 Å². The molecule has 2 aromatic carbocycles. The molecule has 0 aromatic heterocycles. The summed E-state index contributed by atoms with van der Waals surface area (Å²) < 4.78 is 9.94. The summed E-state index contributed by atoms with van der Waals surface area (Å²) in [5.74, 6) is -1.08. The molecule has 0 bridgehead atoms. The Morgan fingerprint density at radius 1 is 1.15 bits per heavy atom. The van der Waals surface area contributed by atoms with E-state index in [4.69, 9.17) is 32.7 Å². The fraction of sp³-hybridized carbons (Fsp3) is 0.176. The number of halogens is 2. The van der Waals surface area contributed by atoms with Gasteiger partial charge in [0.1, 0.15) is 5.75 Å². The van der Waals surface area contributed by atoms with Crippen molar-refractivity contribution in [2.75, 3.05) is 19.0 Å². The van der Waals surface area contributed by atoms with Gasteiger partial charge in [-0.15, -0.1) is 0 Å². The SMILES string of the molecule is COc1ccc([N+](=O)[O-])cc1NC(=O)COC(=O)Cc1ccc(Cl)c(Cl)c1. The normalized spacial score (nSPS) is 10.2. The van der Waals surface area contributed by atoms with E-state index < -0.39 is 23.4 Å². The number of hydrogen-bond donors (Lipinski definition) is 1. The second kappa shape index (κ2) is 9.20. The van der Waals surface area contributed by atoms with Crippen molar-refractivity contribution in [1.82, 2.24) is 0 Å². The molecule has 0 aliphatic heterocycles. The number of nitro groups is 1. The predicted molar refractivity (Wildman–Crippen MR) is 99.4 cm³/mol. The topological polar surface area (TPSA) is 108 Å². The fourth-order valence-electron chi connectivity index (χ4n) is 2.11. The van der Waals surface area contributed by atoms with Gasteiger partial charge in [-0.2, -0.15) is 0 Å². The van der Waals surface area contributed by atoms with E-state index >= 15 is 0 Å². The summed E-state index contributed by atoms with van der Waals surface area (Å²) in [6.45, 7) is -0.563. The van der Waals surface area contributed by atoms with Crippen LogP contribution in [0.1, 0.15) is 5.56 Å². The number of hydrogen-bond acceptors (Lipinski definition) is 6. The number of non-ortho nitro benzene ring substituents is 1. The number of amides is 1. The number of carbonyl (C=O) groups excluding carboxylic acids is 2. The molecule has 0 heterocycles. The Morgan fingerprint density at radius 3 is 2.52 bits per heavy atom. The summed E-state index contributed by atoms with van der Waals surface area (Å²) in [7, 11) is 1.36. The van der Waals surface area contributed by atoms with Crippen molar-refractivity contribution in [3.8, 4) is 5.75 Å². The van der Waals surface area contributed by atoms with Crippen LogP contribution in [0, 0.1) is 10.1 Å². The molecule has 0 aliphatic rings. The number of anilines is 1. The molecular weight excluding hydrogens is 399 g/mol. The average molecular weight is 413 g/mol. The number of nitrogens with one attached hydrogen (secondary N) is 1. The molecule has 27 heavy (non-hydrogen) atoms. The minimum atomic E-state index is -0.670. The molecule has 0 spiro atoms. The van der Waals surface area contributed by atoms with Crippen LogP contribution in [-0.4, -0.2) is 30.5 Å². The smallest absolute Gasteiger partial charge is 0.310 e. The maximum Gasteiger partial charge on any atom is 0.310 e. The zero-order valence-corrected chi connectivity index (χ0v) is 15.5. The molecule has 0 saturated heterocycles. The van der Waals surface area contributed by atoms with Gasteiger partial charge in [0.25, 0.3) is 11.6 Å². The molecular formula is C17H14Cl2N2O6. The summed E-state index contributed by atoms with van der Waals surface area (Å²) in [6, 6.07) is 8.43. The van der Waals surface area contributed by atoms with E-state index in [1.165, 1.54) is 25.3 Å². The van der Waals surface area contributed by atoms with E-state index in [0.29, 0.717) is 15.6 Å². The van der Waals surface area contributed by atoms with Gasteiger partial charge in [-0.3, -0.25) is 19.7 Å². The van der Waals surface area contributed by atoms with Crippen molar-refractivity contribution in [3.05, 3.63) is 62.1 Å². The molecule has 10 heteroatoms. The Labute approximate surface area is 164 Å². The number of benzene rings is 2. The standard InChI is InChI=1S/C17H14Cl2N2O6/c1-26-15-5-3-11(21(24)25)8-14(15)20-16(22)9-27-17(23)7-10-2-4-12(18)13(19)6-10/h2-6,8H,7,9H2,1H3,(H,20,22). The Bertz CT molecular complexity index is 888. The predicted octanol–water partition coefficient (Wildman–Crippen LogP) is 3.63. The van der Waals surface area contributed by atoms with Crippen molar-refractivity contribution in [2.24, 2.45) is 0 Å². The second-order valence-electron chi connectivity index (χ2n) is 5.28. The fourth-order valence-corrected chi connectivity index (χ4v) is 2.43. The molecule has 0 aliphatic carbocycles. The molecule has 0 unspecified atom stereocenters. The van der Waals surface area contributed by atoms with Crippen LogP contribution in [0.25, 0.3) is 0 Å². The van der Waals surface area contributed by atoms with Crippen molar-refractivity contribution in [3.63, 3.8) is 0 Å². The van der Waals surface area contributed by atoms with Crippen molar-refractivity contribution < 1.29 is 24.0 Å². The molecule has 2 aromatic rings. The first-order valence-corrected chi connectivity index (χ1v) is 8.27. The number of nitro benzene ring substituents is 1. The zero-order chi connectivity index (χ0) is 20.0. The largest absolute Gasteiger partial charge is 0.495 e. The number of carbonyl (C=O) groups is 2. The number of rotatable bonds is 7.